The number of para-hydroxylation sites is 8. The molecule has 4 aliphatic rings. The zero-order chi connectivity index (χ0) is 59.1. The van der Waals surface area contributed by atoms with Gasteiger partial charge in [-0.3, -0.25) is 0 Å². The van der Waals surface area contributed by atoms with Gasteiger partial charge in [-0.25, -0.2) is 9.97 Å². The van der Waals surface area contributed by atoms with Crippen LogP contribution in [0.5, 0.6) is 46.0 Å². The maximum Gasteiger partial charge on any atom is 0.161 e. The smallest absolute Gasteiger partial charge is 0.161 e. The topological polar surface area (TPSA) is 168 Å². The third-order valence-electron chi connectivity index (χ3n) is 15.0. The molecule has 446 valence electrons. The van der Waals surface area contributed by atoms with Gasteiger partial charge in [0.05, 0.1) is 75.6 Å². The van der Waals surface area contributed by atoms with E-state index in [1.807, 2.05) is 121 Å². The van der Waals surface area contributed by atoms with Crippen molar-refractivity contribution in [2.45, 2.75) is 0 Å². The van der Waals surface area contributed by atoms with E-state index in [1.54, 1.807) is 0 Å². The Morgan fingerprint density at radius 2 is 0.409 bits per heavy atom. The van der Waals surface area contributed by atoms with E-state index in [2.05, 4.69) is 82.8 Å². The molecule has 0 aliphatic carbocycles. The van der Waals surface area contributed by atoms with Gasteiger partial charge in [-0.2, -0.15) is 0 Å². The Hall–Kier alpha value is -9.84. The molecular weight excluding hydrogens is 1110 g/mol. The molecule has 0 radical (unpaired) electrons. The Kier molecular flexibility index (Phi) is 18.3. The van der Waals surface area contributed by atoms with E-state index in [-0.39, 0.29) is 26.4 Å². The van der Waals surface area contributed by atoms with E-state index in [1.165, 1.54) is 0 Å². The van der Waals surface area contributed by atoms with Crippen molar-refractivity contribution in [1.82, 2.24) is 19.9 Å². The minimum Gasteiger partial charge on any atom is -0.491 e. The lowest BCUT2D eigenvalue weighted by atomic mass is 10.0. The first-order chi connectivity index (χ1) is 43.7. The van der Waals surface area contributed by atoms with Gasteiger partial charge < -0.3 is 66.8 Å². The summed E-state index contributed by atoms with van der Waals surface area (Å²) in [7, 11) is 0. The molecule has 0 amide bonds. The van der Waals surface area contributed by atoms with Crippen LogP contribution in [0.4, 0.5) is 0 Å². The molecule has 0 spiro atoms. The maximum absolute atomic E-state index is 6.66. The molecule has 88 heavy (non-hydrogen) atoms. The summed E-state index contributed by atoms with van der Waals surface area (Å²) in [6.45, 7) is 5.01. The summed E-state index contributed by atoms with van der Waals surface area (Å²) in [6, 6.07) is 55.7. The van der Waals surface area contributed by atoms with Gasteiger partial charge >= 0.3 is 0 Å². The fourth-order valence-corrected chi connectivity index (χ4v) is 11.0. The number of hydrogen-bond acceptors (Lipinski definition) is 14. The van der Waals surface area contributed by atoms with E-state index in [9.17, 15) is 0 Å². The SMILES string of the molecule is C1=Cc2nc1c1c3ccc([nH]3)c3c4nc(c(c5ccc([nH]5)c2-c2ccccc2OCCOCCOc2ccccc2OCCOCCOc2ccccc2-1)-c1ccccc1OCCOCCOc1ccccc1OCCOCCOc1ccccc1-3)C=C4. The van der Waals surface area contributed by atoms with Gasteiger partial charge in [-0.05, 0) is 97.1 Å². The van der Waals surface area contributed by atoms with Crippen molar-refractivity contribution in [3.8, 4) is 90.5 Å². The van der Waals surface area contributed by atoms with E-state index in [0.717, 1.165) is 66.6 Å². The maximum atomic E-state index is 6.66. The molecular formula is C72H66N4O12. The molecule has 12 bridgehead atoms. The first kappa shape index (κ1) is 57.2. The van der Waals surface area contributed by atoms with Crippen molar-refractivity contribution in [2.24, 2.45) is 0 Å². The second-order valence-corrected chi connectivity index (χ2v) is 20.6. The van der Waals surface area contributed by atoms with Crippen molar-refractivity contribution in [3.63, 3.8) is 0 Å². The molecule has 0 atom stereocenters. The third kappa shape index (κ3) is 13.3. The van der Waals surface area contributed by atoms with Gasteiger partial charge in [0, 0.05) is 66.6 Å². The van der Waals surface area contributed by atoms with Crippen LogP contribution >= 0.6 is 0 Å². The molecule has 0 saturated heterocycles. The van der Waals surface area contributed by atoms with Crippen LogP contribution in [0.2, 0.25) is 0 Å². The normalized spacial score (nSPS) is 15.5. The predicted molar refractivity (Wildman–Crippen MR) is 341 cm³/mol. The van der Waals surface area contributed by atoms with Gasteiger partial charge in [0.1, 0.15) is 75.9 Å². The van der Waals surface area contributed by atoms with Crippen LogP contribution in [-0.4, -0.2) is 126 Å². The molecule has 0 unspecified atom stereocenters. The summed E-state index contributed by atoms with van der Waals surface area (Å²) >= 11 is 0. The molecule has 13 rings (SSSR count). The summed E-state index contributed by atoms with van der Waals surface area (Å²) in [5.41, 5.74) is 12.5. The van der Waals surface area contributed by atoms with Crippen molar-refractivity contribution < 1.29 is 56.8 Å². The summed E-state index contributed by atoms with van der Waals surface area (Å²) in [5.74, 6) is 5.11. The van der Waals surface area contributed by atoms with E-state index in [0.29, 0.717) is 148 Å². The molecule has 4 aliphatic heterocycles. The molecule has 7 heterocycles. The highest BCUT2D eigenvalue weighted by molar-refractivity contribution is 6.01. The van der Waals surface area contributed by atoms with Crippen LogP contribution in [0.15, 0.2) is 170 Å². The van der Waals surface area contributed by atoms with Gasteiger partial charge in [0.25, 0.3) is 0 Å². The van der Waals surface area contributed by atoms with Gasteiger partial charge in [-0.1, -0.05) is 97.1 Å². The van der Waals surface area contributed by atoms with Crippen molar-refractivity contribution in [1.29, 1.82) is 0 Å². The number of nitrogens with one attached hydrogen (secondary N) is 2. The second-order valence-electron chi connectivity index (χ2n) is 20.6. The van der Waals surface area contributed by atoms with Gasteiger partial charge in [-0.15, -0.1) is 0 Å². The monoisotopic (exact) mass is 1180 g/mol. The van der Waals surface area contributed by atoms with Gasteiger partial charge in [0.15, 0.2) is 23.0 Å². The Balaban J connectivity index is 1.00. The predicted octanol–water partition coefficient (Wildman–Crippen LogP) is 13.8. The highest BCUT2D eigenvalue weighted by atomic mass is 16.6. The second kappa shape index (κ2) is 28.1. The van der Waals surface area contributed by atoms with Crippen LogP contribution in [-0.2, 0) is 18.9 Å². The fraction of sp³-hybridized carbons (Fsp3) is 0.222. The average molecular weight is 1180 g/mol. The zero-order valence-electron chi connectivity index (χ0n) is 48.6. The molecule has 2 N–H and O–H groups in total. The molecule has 16 nitrogen and oxygen atoms in total. The zero-order valence-corrected chi connectivity index (χ0v) is 48.6. The number of H-pyrrole nitrogens is 2. The Labute approximate surface area is 509 Å². The Bertz CT molecular complexity index is 3620. The van der Waals surface area contributed by atoms with Crippen LogP contribution in [0.3, 0.4) is 0 Å². The van der Waals surface area contributed by atoms with Crippen LogP contribution in [0.1, 0.15) is 22.8 Å². The van der Waals surface area contributed by atoms with E-state index < -0.39 is 0 Å². The number of nitrogens with zero attached hydrogens (tertiary/aromatic N) is 2. The minimum atomic E-state index is 0.274. The summed E-state index contributed by atoms with van der Waals surface area (Å²) in [4.78, 5) is 19.0. The number of aromatic nitrogens is 4. The van der Waals surface area contributed by atoms with E-state index in [4.69, 9.17) is 66.8 Å². The highest BCUT2D eigenvalue weighted by Gasteiger charge is 2.24. The quantitative estimate of drug-likeness (QED) is 0.147. The molecule has 6 aromatic carbocycles. The van der Waals surface area contributed by atoms with Crippen molar-refractivity contribution >= 4 is 46.4 Å². The molecule has 3 aromatic heterocycles. The van der Waals surface area contributed by atoms with Crippen molar-refractivity contribution in [3.05, 3.63) is 193 Å². The minimum absolute atomic E-state index is 0.274. The lowest BCUT2D eigenvalue weighted by molar-refractivity contribution is 0.0700. The molecule has 9 aromatic rings. The number of fused-ring (bicyclic) bond motifs is 18. The average Bonchev–Trinajstić information content (AvgIpc) is 1.98. The van der Waals surface area contributed by atoms with Gasteiger partial charge in [0.2, 0.25) is 0 Å². The van der Waals surface area contributed by atoms with Crippen molar-refractivity contribution in [2.75, 3.05) is 106 Å². The fourth-order valence-electron chi connectivity index (χ4n) is 11.0. The number of benzene rings is 6. The number of rotatable bonds is 0. The van der Waals surface area contributed by atoms with Crippen LogP contribution in [0.25, 0.3) is 90.9 Å². The third-order valence-corrected chi connectivity index (χ3v) is 15.0. The van der Waals surface area contributed by atoms with E-state index >= 15 is 0 Å². The first-order valence-electron chi connectivity index (χ1n) is 29.8. The molecule has 0 fully saturated rings. The number of aromatic amines is 2. The molecule has 0 saturated carbocycles. The van der Waals surface area contributed by atoms with Crippen LogP contribution < -0.4 is 37.9 Å². The first-order valence-corrected chi connectivity index (χ1v) is 29.8. The summed E-state index contributed by atoms with van der Waals surface area (Å²) in [5, 5.41) is 0. The highest BCUT2D eigenvalue weighted by Crippen LogP contribution is 2.44. The lowest BCUT2D eigenvalue weighted by Gasteiger charge is -2.14. The standard InChI is InChI=1S/C72H66N4O12/c1-5-17-61-49(13-1)69-53-25-26-54(73-53)70(50-14-2-6-18-62(50)82-42-34-78-38-46-86-66-22-10-9-21-65(66)85-45-37-77-33-41-81-61)59-31-32-60(76-59)72-52-16-4-8-20-64(52)84-44-36-80-40-48-88-68-24-12-11-23-67(68)87-47-39-79-35-43-83-63-19-7-3-15-51(63)71(55-27-28-56(72)74-55)58-30-29-57(69)75-58/h1-32,75-76H,33-48H2. The Morgan fingerprint density at radius 1 is 0.216 bits per heavy atom. The summed E-state index contributed by atoms with van der Waals surface area (Å²) < 4.78 is 75.5. The number of hydrogen-bond donors (Lipinski definition) is 2. The lowest BCUT2D eigenvalue weighted by Crippen LogP contribution is -2.14. The van der Waals surface area contributed by atoms with Crippen LogP contribution in [0, 0.1) is 0 Å². The Morgan fingerprint density at radius 3 is 0.636 bits per heavy atom. The number of ether oxygens (including phenoxy) is 12. The largest absolute Gasteiger partial charge is 0.491 e. The molecule has 16 heteroatoms. The summed E-state index contributed by atoms with van der Waals surface area (Å²) in [6.07, 6.45) is 8.25.